The minimum Gasteiger partial charge on any atom is -0.171 e. The minimum absolute atomic E-state index is 0.0243. The van der Waals surface area contributed by atoms with E-state index >= 15 is 0 Å². The van der Waals surface area contributed by atoms with Crippen LogP contribution in [0.2, 0.25) is 0 Å². The second-order valence-electron chi connectivity index (χ2n) is 44.5. The first-order valence-electron chi connectivity index (χ1n) is 46.4. The molecule has 0 heterocycles. The summed E-state index contributed by atoms with van der Waals surface area (Å²) >= 11 is 0. The van der Waals surface area contributed by atoms with Crippen LogP contribution in [-0.2, 0) is 40.9 Å². The molecule has 0 unspecified atom stereocenters. The molecule has 0 bridgehead atoms. The van der Waals surface area contributed by atoms with Crippen molar-refractivity contribution in [3.8, 4) is 0 Å². The van der Waals surface area contributed by atoms with E-state index in [-0.39, 0.29) is 28.1 Å². The summed E-state index contributed by atoms with van der Waals surface area (Å²) < 4.78 is 38.6. The van der Waals surface area contributed by atoms with Gasteiger partial charge < -0.3 is 0 Å². The highest BCUT2D eigenvalue weighted by atomic mass is 19.4. The Morgan fingerprint density at radius 2 is 0.525 bits per heavy atom. The van der Waals surface area contributed by atoms with Crippen molar-refractivity contribution in [1.82, 2.24) is 0 Å². The first-order valence-corrected chi connectivity index (χ1v) is 46.4. The van der Waals surface area contributed by atoms with Gasteiger partial charge in [-0.15, -0.1) is 0 Å². The molecule has 9 aromatic carbocycles. The van der Waals surface area contributed by atoms with Gasteiger partial charge in [-0.1, -0.05) is 423 Å². The summed E-state index contributed by atoms with van der Waals surface area (Å²) in [5, 5.41) is 0. The average Bonchev–Trinajstić information content (AvgIpc) is 0.829. The van der Waals surface area contributed by atoms with Crippen molar-refractivity contribution in [1.29, 1.82) is 0 Å². The van der Waals surface area contributed by atoms with Crippen LogP contribution in [0.5, 0.6) is 0 Å². The first kappa shape index (κ1) is 113. The zero-order chi connectivity index (χ0) is 94.6. The van der Waals surface area contributed by atoms with Gasteiger partial charge in [0.05, 0.1) is 5.41 Å². The van der Waals surface area contributed by atoms with Gasteiger partial charge in [0.1, 0.15) is 0 Å². The Bertz CT molecular complexity index is 4560. The average molecular weight is 1670 g/mol. The van der Waals surface area contributed by atoms with E-state index in [0.717, 1.165) is 29.0 Å². The summed E-state index contributed by atoms with van der Waals surface area (Å²) in [7, 11) is 0. The summed E-state index contributed by atoms with van der Waals surface area (Å²) in [6, 6.07) is 61.8. The van der Waals surface area contributed by atoms with Crippen LogP contribution >= 0.6 is 0 Å². The lowest BCUT2D eigenvalue weighted by molar-refractivity contribution is -0.211. The van der Waals surface area contributed by atoms with Gasteiger partial charge in [-0.05, 0) is 309 Å². The third kappa shape index (κ3) is 40.4. The van der Waals surface area contributed by atoms with Gasteiger partial charge in [0, 0.05) is 0 Å². The number of hydrogen-bond acceptors (Lipinski definition) is 0. The van der Waals surface area contributed by atoms with E-state index in [0.29, 0.717) is 52.8 Å². The van der Waals surface area contributed by atoms with Crippen molar-refractivity contribution in [2.24, 2.45) is 16.7 Å². The Labute approximate surface area is 752 Å². The number of aryl methyl sites for hydroxylation is 11. The normalized spacial score (nSPS) is 11.9. The molecule has 0 N–H and O–H groups in total. The fourth-order valence-electron chi connectivity index (χ4n) is 15.5. The first-order chi connectivity index (χ1) is 55.5. The number of halogens is 3. The van der Waals surface area contributed by atoms with Crippen LogP contribution in [0.3, 0.4) is 0 Å². The second kappa shape index (κ2) is 49.6. The lowest BCUT2D eigenvalue weighted by Gasteiger charge is -2.28. The van der Waals surface area contributed by atoms with Crippen molar-refractivity contribution < 1.29 is 13.2 Å². The Balaban J connectivity index is 0.000000689. The quantitative estimate of drug-likeness (QED) is 0.108. The Hall–Kier alpha value is -7.23. The minimum atomic E-state index is -4.17. The van der Waals surface area contributed by atoms with Crippen LogP contribution < -0.4 is 0 Å². The second-order valence-corrected chi connectivity index (χ2v) is 44.5. The largest absolute Gasteiger partial charge is 0.394 e. The van der Waals surface area contributed by atoms with E-state index in [1.165, 1.54) is 148 Å². The van der Waals surface area contributed by atoms with Gasteiger partial charge in [0.25, 0.3) is 0 Å². The van der Waals surface area contributed by atoms with Crippen LogP contribution in [0.25, 0.3) is 0 Å². The zero-order valence-electron chi connectivity index (χ0n) is 87.1. The molecule has 0 amide bonds. The molecule has 0 nitrogen and oxygen atoms in total. The molecule has 9 aromatic rings. The summed E-state index contributed by atoms with van der Waals surface area (Å²) in [4.78, 5) is 0. The van der Waals surface area contributed by atoms with Crippen molar-refractivity contribution in [3.05, 3.63) is 315 Å². The number of rotatable bonds is 13. The third-order valence-corrected chi connectivity index (χ3v) is 23.0. The van der Waals surface area contributed by atoms with Gasteiger partial charge >= 0.3 is 6.18 Å². The van der Waals surface area contributed by atoms with Crippen molar-refractivity contribution in [3.63, 3.8) is 0 Å². The lowest BCUT2D eigenvalue weighted by Crippen LogP contribution is -2.34. The molecule has 0 radical (unpaired) electrons. The topological polar surface area (TPSA) is 0 Å². The Kier molecular flexibility index (Phi) is 45.9. The van der Waals surface area contributed by atoms with Gasteiger partial charge in [-0.3, -0.25) is 0 Å². The van der Waals surface area contributed by atoms with E-state index in [9.17, 15) is 13.2 Å². The molecule has 0 saturated heterocycles. The molecule has 0 atom stereocenters. The Morgan fingerprint density at radius 1 is 0.238 bits per heavy atom. The molecule has 0 fully saturated rings. The highest BCUT2D eigenvalue weighted by Gasteiger charge is 2.47. The predicted octanol–water partition coefficient (Wildman–Crippen LogP) is 37.7. The monoisotopic (exact) mass is 1670 g/mol. The molecule has 122 heavy (non-hydrogen) atoms. The molecule has 9 rings (SSSR count). The number of hydrogen-bond donors (Lipinski definition) is 0. The Morgan fingerprint density at radius 3 is 0.852 bits per heavy atom. The van der Waals surface area contributed by atoms with E-state index < -0.39 is 11.6 Å². The van der Waals surface area contributed by atoms with Crippen LogP contribution in [0.1, 0.15) is 434 Å². The lowest BCUT2D eigenvalue weighted by atomic mass is 9.82. The van der Waals surface area contributed by atoms with Crippen LogP contribution in [0, 0.1) is 92.9 Å². The summed E-state index contributed by atoms with van der Waals surface area (Å²) in [6.45, 7) is 101. The van der Waals surface area contributed by atoms with Crippen LogP contribution in [0.4, 0.5) is 13.2 Å². The molecule has 3 heteroatoms. The van der Waals surface area contributed by atoms with E-state index in [1.807, 2.05) is 19.1 Å². The summed E-state index contributed by atoms with van der Waals surface area (Å²) in [6.07, 6.45) is -1.79. The molecule has 0 aliphatic carbocycles. The molecular weight excluding hydrogens is 1490 g/mol. The molecule has 0 aliphatic rings. The van der Waals surface area contributed by atoms with Crippen molar-refractivity contribution in [2.45, 2.75) is 413 Å². The molecule has 0 spiro atoms. The summed E-state index contributed by atoms with van der Waals surface area (Å²) in [5.41, 5.74) is 35.9. The standard InChI is InChI=1S/C15H21F3.C15H24.3C14H22.C13H20.C12H18.2C11H16/c1-10(2)13-8-12(7-6-11(13)3)9-14(4,5)15(16,17)18;1-11(2)14-9-13(8-7-12(14)3)10-15(4,5)6;1-10(2)13-9-12(14(4,5)6)8-7-11(13)3;1-10(2)12-8-7-11(3)13(9-12)14(4,5)6;1-10(2)8-13-7-6-12(5)14(9-13)11(3)4;1-9(2)12-7-6-11(5)13(8-12)10(3)4;1-9-6-7-10(2)11(8-9)12(3,4)5;1-8(2)11-7-9(3)5-6-10(11)4;1-9-7-5-6-8-10(9)11(2,3)4/h6-8,10H,9H2,1-5H3;7-9,11H,10H2,1-6H3;2*7-10H,1-6H3;6-7,9-11H,8H2,1-5H3;6-10H,1-5H3;6-8H,1-5H3;2*5-8H,1-4H3. The maximum absolute atomic E-state index is 12.9. The van der Waals surface area contributed by atoms with Gasteiger partial charge in [-0.25, -0.2) is 0 Å². The van der Waals surface area contributed by atoms with Gasteiger partial charge in [0.15, 0.2) is 0 Å². The van der Waals surface area contributed by atoms with E-state index in [1.54, 1.807) is 6.07 Å². The third-order valence-electron chi connectivity index (χ3n) is 23.0. The molecule has 0 aliphatic heterocycles. The van der Waals surface area contributed by atoms with Crippen LogP contribution in [-0.4, -0.2) is 6.18 Å². The predicted molar refractivity (Wildman–Crippen MR) is 543 cm³/mol. The van der Waals surface area contributed by atoms with Gasteiger partial charge in [0.2, 0.25) is 0 Å². The zero-order valence-corrected chi connectivity index (χ0v) is 87.1. The maximum atomic E-state index is 12.9. The number of alkyl halides is 3. The molecule has 678 valence electrons. The van der Waals surface area contributed by atoms with E-state index in [4.69, 9.17) is 0 Å². The van der Waals surface area contributed by atoms with Crippen molar-refractivity contribution in [2.75, 3.05) is 0 Å². The van der Waals surface area contributed by atoms with Crippen molar-refractivity contribution >= 4 is 0 Å². The smallest absolute Gasteiger partial charge is 0.171 e. The highest BCUT2D eigenvalue weighted by Crippen LogP contribution is 2.41. The fourth-order valence-corrected chi connectivity index (χ4v) is 15.5. The van der Waals surface area contributed by atoms with Gasteiger partial charge in [-0.2, -0.15) is 13.2 Å². The molecule has 0 saturated carbocycles. The SMILES string of the molecule is Cc1ccc(C(C)(C)C)cc1C(C)C.Cc1ccc(C(C)C)cc1C(C)(C)C.Cc1ccc(C(C)C)cc1C(C)C.Cc1ccc(C)c(C(C)(C)C)c1.Cc1ccc(C)c(C(C)C)c1.Cc1ccc(CC(C)(C)C(F)(F)F)cc1C(C)C.Cc1ccc(CC(C)(C)C)cc1C(C)C.Cc1ccc(CC(C)C)cc1C(C)C.Cc1ccccc1C(C)(C)C. The van der Waals surface area contributed by atoms with E-state index in [2.05, 4.69) is 449 Å². The fraction of sp³-hybridized carbons (Fsp3) is 0.546. The summed E-state index contributed by atoms with van der Waals surface area (Å²) in [5.74, 6) is 5.52. The van der Waals surface area contributed by atoms with Crippen LogP contribution in [0.15, 0.2) is 170 Å². The highest BCUT2D eigenvalue weighted by molar-refractivity contribution is 5.42. The maximum Gasteiger partial charge on any atom is 0.394 e. The molecule has 0 aromatic heterocycles. The number of benzene rings is 9. The molecular formula is C119H181F3.